The van der Waals surface area contributed by atoms with Gasteiger partial charge in [0, 0.05) is 30.2 Å². The number of amides is 1. The Morgan fingerprint density at radius 1 is 1.25 bits per heavy atom. The van der Waals surface area contributed by atoms with Crippen molar-refractivity contribution in [3.8, 4) is 0 Å². The second-order valence-electron chi connectivity index (χ2n) is 4.68. The van der Waals surface area contributed by atoms with Crippen LogP contribution in [0.5, 0.6) is 0 Å². The van der Waals surface area contributed by atoms with Crippen LogP contribution in [0.2, 0.25) is 0 Å². The first-order valence-electron chi connectivity index (χ1n) is 6.46. The molecule has 1 amide bonds. The Morgan fingerprint density at radius 3 is 2.55 bits per heavy atom. The van der Waals surface area contributed by atoms with Crippen molar-refractivity contribution in [2.45, 2.75) is 26.4 Å². The van der Waals surface area contributed by atoms with Crippen LogP contribution in [0.25, 0.3) is 0 Å². The van der Waals surface area contributed by atoms with E-state index in [0.717, 1.165) is 12.0 Å². The highest BCUT2D eigenvalue weighted by atomic mass is 16.2. The third-order valence-electron chi connectivity index (χ3n) is 3.15. The van der Waals surface area contributed by atoms with Crippen molar-refractivity contribution in [2.24, 2.45) is 5.73 Å². The first-order chi connectivity index (χ1) is 9.52. The van der Waals surface area contributed by atoms with Crippen molar-refractivity contribution in [1.29, 1.82) is 0 Å². The monoisotopic (exact) mass is 274 g/mol. The lowest BCUT2D eigenvalue weighted by Gasteiger charge is -2.07. The average Bonchev–Trinajstić information content (AvgIpc) is 2.74. The zero-order valence-electron chi connectivity index (χ0n) is 11.4. The number of primary amides is 1. The molecule has 2 aromatic rings. The van der Waals surface area contributed by atoms with Crippen LogP contribution < -0.4 is 17.2 Å². The van der Waals surface area contributed by atoms with Crippen LogP contribution in [0.3, 0.4) is 0 Å². The predicted molar refractivity (Wildman–Crippen MR) is 77.5 cm³/mol. The number of hydrogen-bond donors (Lipinski definition) is 2. The maximum atomic E-state index is 12.1. The summed E-state index contributed by atoms with van der Waals surface area (Å²) in [5.41, 5.74) is 12.6. The summed E-state index contributed by atoms with van der Waals surface area (Å²) >= 11 is 0. The standard InChI is InChI=1S/C14H18N4O2/c1-2-5-17-6-7-18(14(17)20)9-11-4-3-10(13(16)19)8-12(11)15/h3-4,6-8H,2,5,9,15H2,1H3,(H2,16,19). The summed E-state index contributed by atoms with van der Waals surface area (Å²) < 4.78 is 3.25. The third kappa shape index (κ3) is 2.74. The Hall–Kier alpha value is -2.50. The third-order valence-corrected chi connectivity index (χ3v) is 3.15. The van der Waals surface area contributed by atoms with Gasteiger partial charge in [-0.3, -0.25) is 13.9 Å². The molecule has 0 aliphatic rings. The van der Waals surface area contributed by atoms with Crippen molar-refractivity contribution in [3.05, 3.63) is 52.2 Å². The molecule has 4 N–H and O–H groups in total. The highest BCUT2D eigenvalue weighted by Crippen LogP contribution is 2.15. The zero-order chi connectivity index (χ0) is 14.7. The summed E-state index contributed by atoms with van der Waals surface area (Å²) in [5.74, 6) is -0.519. The van der Waals surface area contributed by atoms with Gasteiger partial charge in [0.05, 0.1) is 6.54 Å². The Morgan fingerprint density at radius 2 is 1.95 bits per heavy atom. The van der Waals surface area contributed by atoms with Crippen LogP contribution in [-0.2, 0) is 13.1 Å². The second-order valence-corrected chi connectivity index (χ2v) is 4.68. The molecular weight excluding hydrogens is 256 g/mol. The van der Waals surface area contributed by atoms with Gasteiger partial charge in [0.25, 0.3) is 0 Å². The van der Waals surface area contributed by atoms with E-state index in [-0.39, 0.29) is 5.69 Å². The van der Waals surface area contributed by atoms with Crippen LogP contribution in [0.1, 0.15) is 29.3 Å². The first kappa shape index (κ1) is 13.9. The molecule has 6 heteroatoms. The maximum absolute atomic E-state index is 12.1. The lowest BCUT2D eigenvalue weighted by molar-refractivity contribution is 0.100. The van der Waals surface area contributed by atoms with Crippen LogP contribution >= 0.6 is 0 Å². The minimum absolute atomic E-state index is 0.0646. The van der Waals surface area contributed by atoms with E-state index in [1.165, 1.54) is 6.07 Å². The number of nitrogens with zero attached hydrogens (tertiary/aromatic N) is 2. The van der Waals surface area contributed by atoms with Gasteiger partial charge in [-0.2, -0.15) is 0 Å². The van der Waals surface area contributed by atoms with Crippen molar-refractivity contribution in [3.63, 3.8) is 0 Å². The normalized spacial score (nSPS) is 10.7. The number of benzene rings is 1. The number of nitrogen functional groups attached to an aromatic ring is 1. The number of hydrogen-bond acceptors (Lipinski definition) is 3. The smallest absolute Gasteiger partial charge is 0.328 e. The molecule has 0 aliphatic carbocycles. The lowest BCUT2D eigenvalue weighted by Crippen LogP contribution is -2.24. The van der Waals surface area contributed by atoms with E-state index in [0.29, 0.717) is 24.3 Å². The molecule has 0 aliphatic heterocycles. The summed E-state index contributed by atoms with van der Waals surface area (Å²) in [6.07, 6.45) is 4.40. The Bertz CT molecular complexity index is 685. The second kappa shape index (κ2) is 5.64. The number of aromatic nitrogens is 2. The molecule has 0 atom stereocenters. The molecule has 0 bridgehead atoms. The van der Waals surface area contributed by atoms with Gasteiger partial charge in [-0.25, -0.2) is 4.79 Å². The van der Waals surface area contributed by atoms with E-state index in [4.69, 9.17) is 11.5 Å². The topological polar surface area (TPSA) is 96.0 Å². The SMILES string of the molecule is CCCn1ccn(Cc2ccc(C(N)=O)cc2N)c1=O. The molecule has 2 rings (SSSR count). The van der Waals surface area contributed by atoms with Crippen LogP contribution in [0, 0.1) is 0 Å². The highest BCUT2D eigenvalue weighted by molar-refractivity contribution is 5.93. The predicted octanol–water partition coefficient (Wildman–Crippen LogP) is 0.789. The van der Waals surface area contributed by atoms with Crippen molar-refractivity contribution >= 4 is 11.6 Å². The fraction of sp³-hybridized carbons (Fsp3) is 0.286. The molecule has 0 fully saturated rings. The Labute approximate surface area is 116 Å². The number of carbonyl (C=O) groups excluding carboxylic acids is 1. The van der Waals surface area contributed by atoms with E-state index in [2.05, 4.69) is 0 Å². The van der Waals surface area contributed by atoms with Gasteiger partial charge in [-0.05, 0) is 24.1 Å². The van der Waals surface area contributed by atoms with E-state index in [9.17, 15) is 9.59 Å². The number of anilines is 1. The minimum Gasteiger partial charge on any atom is -0.398 e. The molecule has 20 heavy (non-hydrogen) atoms. The first-order valence-corrected chi connectivity index (χ1v) is 6.46. The van der Waals surface area contributed by atoms with Crippen LogP contribution in [0.4, 0.5) is 5.69 Å². The zero-order valence-corrected chi connectivity index (χ0v) is 11.4. The summed E-state index contributed by atoms with van der Waals surface area (Å²) in [7, 11) is 0. The highest BCUT2D eigenvalue weighted by Gasteiger charge is 2.08. The fourth-order valence-electron chi connectivity index (χ4n) is 2.06. The van der Waals surface area contributed by atoms with Gasteiger partial charge in [-0.1, -0.05) is 13.0 Å². The van der Waals surface area contributed by atoms with E-state index >= 15 is 0 Å². The summed E-state index contributed by atoms with van der Waals surface area (Å²) in [6, 6.07) is 4.87. The number of imidazole rings is 1. The molecule has 0 unspecified atom stereocenters. The van der Waals surface area contributed by atoms with Crippen molar-refractivity contribution in [2.75, 3.05) is 5.73 Å². The summed E-state index contributed by atoms with van der Waals surface area (Å²) in [4.78, 5) is 23.1. The van der Waals surface area contributed by atoms with Crippen LogP contribution in [0.15, 0.2) is 35.4 Å². The molecule has 0 saturated carbocycles. The van der Waals surface area contributed by atoms with Gasteiger partial charge in [0.1, 0.15) is 0 Å². The summed E-state index contributed by atoms with van der Waals surface area (Å²) in [6.45, 7) is 3.09. The lowest BCUT2D eigenvalue weighted by atomic mass is 10.1. The molecule has 1 heterocycles. The van der Waals surface area contributed by atoms with Gasteiger partial charge in [0.15, 0.2) is 0 Å². The molecule has 1 aromatic carbocycles. The molecule has 6 nitrogen and oxygen atoms in total. The van der Waals surface area contributed by atoms with Crippen LogP contribution in [-0.4, -0.2) is 15.0 Å². The minimum atomic E-state index is -0.519. The Kier molecular flexibility index (Phi) is 3.93. The van der Waals surface area contributed by atoms with Gasteiger partial charge in [-0.15, -0.1) is 0 Å². The molecule has 1 aromatic heterocycles. The molecule has 0 spiro atoms. The number of aryl methyl sites for hydroxylation is 1. The molecule has 0 radical (unpaired) electrons. The van der Waals surface area contributed by atoms with Crippen molar-refractivity contribution in [1.82, 2.24) is 9.13 Å². The van der Waals surface area contributed by atoms with Gasteiger partial charge in [0.2, 0.25) is 5.91 Å². The van der Waals surface area contributed by atoms with E-state index < -0.39 is 5.91 Å². The fourth-order valence-corrected chi connectivity index (χ4v) is 2.06. The number of nitrogens with two attached hydrogens (primary N) is 2. The van der Waals surface area contributed by atoms with E-state index in [1.807, 2.05) is 6.92 Å². The van der Waals surface area contributed by atoms with Gasteiger partial charge < -0.3 is 11.5 Å². The Balaban J connectivity index is 2.26. The molecule has 106 valence electrons. The van der Waals surface area contributed by atoms with Crippen molar-refractivity contribution < 1.29 is 4.79 Å². The quantitative estimate of drug-likeness (QED) is 0.789. The average molecular weight is 274 g/mol. The maximum Gasteiger partial charge on any atom is 0.328 e. The number of rotatable bonds is 5. The molecular formula is C14H18N4O2. The van der Waals surface area contributed by atoms with E-state index in [1.54, 1.807) is 33.7 Å². The van der Waals surface area contributed by atoms with Gasteiger partial charge >= 0.3 is 5.69 Å². The number of carbonyl (C=O) groups is 1. The largest absolute Gasteiger partial charge is 0.398 e. The molecule has 0 saturated heterocycles. The summed E-state index contributed by atoms with van der Waals surface area (Å²) in [5, 5.41) is 0.